The second-order valence-corrected chi connectivity index (χ2v) is 3.87. The quantitative estimate of drug-likeness (QED) is 0.856. The number of esters is 1. The van der Waals surface area contributed by atoms with Crippen molar-refractivity contribution >= 4 is 11.9 Å². The van der Waals surface area contributed by atoms with E-state index in [0.717, 1.165) is 0 Å². The molecule has 0 aliphatic rings. The summed E-state index contributed by atoms with van der Waals surface area (Å²) in [6.07, 6.45) is 1.33. The number of nitrogens with two attached hydrogens (primary N) is 1. The molecular weight excluding hydrogens is 260 g/mol. The standard InChI is InChI=1S/C14H12N2O4/c1-19-14(18)9-2-5-11(6-3-9)20-12-7-4-10(8-16-12)13(15)17/h2-8H,1H3,(H2,15,17). The maximum Gasteiger partial charge on any atom is 0.337 e. The van der Waals surface area contributed by atoms with E-state index in [1.165, 1.54) is 25.4 Å². The maximum absolute atomic E-state index is 11.3. The Hall–Kier alpha value is -2.89. The molecule has 0 radical (unpaired) electrons. The third-order valence-corrected chi connectivity index (χ3v) is 2.52. The van der Waals surface area contributed by atoms with Gasteiger partial charge in [0.25, 0.3) is 0 Å². The predicted octanol–water partition coefficient (Wildman–Crippen LogP) is 1.76. The minimum atomic E-state index is -0.550. The molecule has 0 spiro atoms. The number of carbonyl (C=O) groups is 2. The lowest BCUT2D eigenvalue weighted by Crippen LogP contribution is -2.10. The van der Waals surface area contributed by atoms with Crippen molar-refractivity contribution in [2.24, 2.45) is 5.73 Å². The molecule has 0 saturated heterocycles. The molecule has 2 N–H and O–H groups in total. The molecule has 102 valence electrons. The number of hydrogen-bond acceptors (Lipinski definition) is 5. The molecule has 0 bridgehead atoms. The van der Waals surface area contributed by atoms with Crippen molar-refractivity contribution in [3.63, 3.8) is 0 Å². The number of aromatic nitrogens is 1. The second kappa shape index (κ2) is 5.83. The highest BCUT2D eigenvalue weighted by Crippen LogP contribution is 2.20. The second-order valence-electron chi connectivity index (χ2n) is 3.87. The number of primary amides is 1. The van der Waals surface area contributed by atoms with Crippen molar-refractivity contribution in [3.05, 3.63) is 53.7 Å². The van der Waals surface area contributed by atoms with E-state index in [1.54, 1.807) is 24.3 Å². The van der Waals surface area contributed by atoms with Crippen LogP contribution in [0.2, 0.25) is 0 Å². The first-order valence-electron chi connectivity index (χ1n) is 5.72. The zero-order chi connectivity index (χ0) is 14.5. The van der Waals surface area contributed by atoms with E-state index in [1.807, 2.05) is 0 Å². The van der Waals surface area contributed by atoms with Gasteiger partial charge in [-0.2, -0.15) is 0 Å². The monoisotopic (exact) mass is 272 g/mol. The van der Waals surface area contributed by atoms with Gasteiger partial charge in [0.1, 0.15) is 5.75 Å². The Morgan fingerprint density at radius 2 is 1.70 bits per heavy atom. The molecule has 0 atom stereocenters. The van der Waals surface area contributed by atoms with E-state index in [2.05, 4.69) is 9.72 Å². The van der Waals surface area contributed by atoms with Crippen molar-refractivity contribution in [2.75, 3.05) is 7.11 Å². The van der Waals surface area contributed by atoms with Gasteiger partial charge < -0.3 is 15.2 Å². The zero-order valence-corrected chi connectivity index (χ0v) is 10.7. The van der Waals surface area contributed by atoms with Crippen LogP contribution < -0.4 is 10.5 Å². The fraction of sp³-hybridized carbons (Fsp3) is 0.0714. The highest BCUT2D eigenvalue weighted by atomic mass is 16.5. The lowest BCUT2D eigenvalue weighted by atomic mass is 10.2. The van der Waals surface area contributed by atoms with Gasteiger partial charge in [0.2, 0.25) is 11.8 Å². The van der Waals surface area contributed by atoms with Crippen molar-refractivity contribution in [1.82, 2.24) is 4.98 Å². The summed E-state index contributed by atoms with van der Waals surface area (Å²) in [5.74, 6) is -0.134. The Labute approximate surface area is 115 Å². The van der Waals surface area contributed by atoms with Gasteiger partial charge in [0.05, 0.1) is 18.2 Å². The molecule has 1 heterocycles. The number of pyridine rings is 1. The van der Waals surface area contributed by atoms with Gasteiger partial charge in [-0.15, -0.1) is 0 Å². The maximum atomic E-state index is 11.3. The van der Waals surface area contributed by atoms with E-state index < -0.39 is 11.9 Å². The lowest BCUT2D eigenvalue weighted by molar-refractivity contribution is 0.0600. The van der Waals surface area contributed by atoms with Gasteiger partial charge >= 0.3 is 5.97 Å². The van der Waals surface area contributed by atoms with Crippen LogP contribution in [0.15, 0.2) is 42.6 Å². The summed E-state index contributed by atoms with van der Waals surface area (Å²) in [5, 5.41) is 0. The van der Waals surface area contributed by atoms with Crippen LogP contribution in [0.1, 0.15) is 20.7 Å². The first kappa shape index (κ1) is 13.5. The van der Waals surface area contributed by atoms with Crippen LogP contribution >= 0.6 is 0 Å². The minimum absolute atomic E-state index is 0.304. The van der Waals surface area contributed by atoms with E-state index in [4.69, 9.17) is 10.5 Å². The van der Waals surface area contributed by atoms with Gasteiger partial charge in [-0.25, -0.2) is 9.78 Å². The normalized spacial score (nSPS) is 9.85. The van der Waals surface area contributed by atoms with E-state index in [9.17, 15) is 9.59 Å². The van der Waals surface area contributed by atoms with Gasteiger partial charge in [0, 0.05) is 12.3 Å². The third kappa shape index (κ3) is 3.11. The van der Waals surface area contributed by atoms with E-state index in [0.29, 0.717) is 22.8 Å². The molecule has 1 aromatic carbocycles. The van der Waals surface area contributed by atoms with Gasteiger partial charge in [-0.05, 0) is 30.3 Å². The number of ether oxygens (including phenoxy) is 2. The Morgan fingerprint density at radius 1 is 1.05 bits per heavy atom. The molecule has 1 amide bonds. The van der Waals surface area contributed by atoms with Crippen LogP contribution in [-0.4, -0.2) is 24.0 Å². The van der Waals surface area contributed by atoms with Gasteiger partial charge in [-0.1, -0.05) is 0 Å². The molecule has 2 aromatic rings. The molecule has 6 heteroatoms. The average Bonchev–Trinajstić information content (AvgIpc) is 2.48. The summed E-state index contributed by atoms with van der Waals surface area (Å²) in [5.41, 5.74) is 5.84. The van der Waals surface area contributed by atoms with Crippen LogP contribution in [-0.2, 0) is 4.74 Å². The van der Waals surface area contributed by atoms with Crippen molar-refractivity contribution in [1.29, 1.82) is 0 Å². The minimum Gasteiger partial charge on any atom is -0.465 e. The molecule has 1 aromatic heterocycles. The van der Waals surface area contributed by atoms with Crippen LogP contribution in [0.25, 0.3) is 0 Å². The van der Waals surface area contributed by atoms with Crippen LogP contribution in [0, 0.1) is 0 Å². The summed E-state index contributed by atoms with van der Waals surface area (Å²) in [4.78, 5) is 26.1. The number of nitrogens with zero attached hydrogens (tertiary/aromatic N) is 1. The summed E-state index contributed by atoms with van der Waals surface area (Å²) >= 11 is 0. The number of amides is 1. The van der Waals surface area contributed by atoms with Crippen molar-refractivity contribution in [3.8, 4) is 11.6 Å². The number of methoxy groups -OCH3 is 1. The zero-order valence-electron chi connectivity index (χ0n) is 10.7. The fourth-order valence-electron chi connectivity index (χ4n) is 1.48. The Morgan fingerprint density at radius 3 is 2.20 bits per heavy atom. The molecule has 6 nitrogen and oxygen atoms in total. The topological polar surface area (TPSA) is 91.5 Å². The SMILES string of the molecule is COC(=O)c1ccc(Oc2ccc(C(N)=O)cn2)cc1. The largest absolute Gasteiger partial charge is 0.465 e. The molecule has 2 rings (SSSR count). The highest BCUT2D eigenvalue weighted by Gasteiger charge is 2.06. The first-order valence-corrected chi connectivity index (χ1v) is 5.72. The van der Waals surface area contributed by atoms with Crippen molar-refractivity contribution in [2.45, 2.75) is 0 Å². The number of rotatable bonds is 4. The number of benzene rings is 1. The molecule has 0 aliphatic heterocycles. The van der Waals surface area contributed by atoms with Crippen LogP contribution in [0.4, 0.5) is 0 Å². The summed E-state index contributed by atoms with van der Waals surface area (Å²) in [6.45, 7) is 0. The summed E-state index contributed by atoms with van der Waals surface area (Å²) in [6, 6.07) is 9.46. The smallest absolute Gasteiger partial charge is 0.337 e. The van der Waals surface area contributed by atoms with E-state index in [-0.39, 0.29) is 0 Å². The van der Waals surface area contributed by atoms with E-state index >= 15 is 0 Å². The lowest BCUT2D eigenvalue weighted by Gasteiger charge is -2.05. The number of hydrogen-bond donors (Lipinski definition) is 1. The van der Waals surface area contributed by atoms with Crippen molar-refractivity contribution < 1.29 is 19.1 Å². The number of carbonyl (C=O) groups excluding carboxylic acids is 2. The third-order valence-electron chi connectivity index (χ3n) is 2.52. The first-order chi connectivity index (χ1) is 9.60. The predicted molar refractivity (Wildman–Crippen MR) is 70.6 cm³/mol. The fourth-order valence-corrected chi connectivity index (χ4v) is 1.48. The van der Waals surface area contributed by atoms with Crippen LogP contribution in [0.3, 0.4) is 0 Å². The Kier molecular flexibility index (Phi) is 3.95. The molecule has 0 aliphatic carbocycles. The van der Waals surface area contributed by atoms with Crippen LogP contribution in [0.5, 0.6) is 11.6 Å². The molecule has 0 saturated carbocycles. The Bertz CT molecular complexity index is 621. The Balaban J connectivity index is 2.10. The molecular formula is C14H12N2O4. The highest BCUT2D eigenvalue weighted by molar-refractivity contribution is 5.92. The van der Waals surface area contributed by atoms with Gasteiger partial charge in [0.15, 0.2) is 0 Å². The molecule has 0 unspecified atom stereocenters. The average molecular weight is 272 g/mol. The summed E-state index contributed by atoms with van der Waals surface area (Å²) < 4.78 is 10.1. The molecule has 20 heavy (non-hydrogen) atoms. The molecule has 0 fully saturated rings. The summed E-state index contributed by atoms with van der Waals surface area (Å²) in [7, 11) is 1.32. The van der Waals surface area contributed by atoms with Gasteiger partial charge in [-0.3, -0.25) is 4.79 Å².